The molecular weight excluding hydrogens is 238 g/mol. The van der Waals surface area contributed by atoms with Gasteiger partial charge in [0.2, 0.25) is 5.91 Å². The van der Waals surface area contributed by atoms with Crippen LogP contribution in [0, 0.1) is 0 Å². The highest BCUT2D eigenvalue weighted by molar-refractivity contribution is 9.10. The Hall–Kier alpha value is -0.580. The fraction of sp³-hybridized carbons (Fsp3) is 0.750. The molecule has 0 heterocycles. The number of carboxylic acid groups (broad SMARTS) is 1. The molecule has 76 valence electrons. The molecule has 0 aliphatic carbocycles. The topological polar surface area (TPSA) is 66.4 Å². The normalized spacial score (nSPS) is 14.7. The summed E-state index contributed by atoms with van der Waals surface area (Å²) in [6.07, 6.45) is 1.49. The Morgan fingerprint density at radius 1 is 1.54 bits per heavy atom. The summed E-state index contributed by atoms with van der Waals surface area (Å²) in [5.74, 6) is -1.16. The molecule has 4 nitrogen and oxygen atoms in total. The van der Waals surface area contributed by atoms with Gasteiger partial charge in [0.1, 0.15) is 4.83 Å². The number of nitrogens with one attached hydrogen (secondary N) is 1. The molecule has 0 aliphatic rings. The Morgan fingerprint density at radius 3 is 2.38 bits per heavy atom. The van der Waals surface area contributed by atoms with Gasteiger partial charge in [0.05, 0.1) is 6.04 Å². The second-order valence-electron chi connectivity index (χ2n) is 2.84. The van der Waals surface area contributed by atoms with Crippen LogP contribution >= 0.6 is 15.9 Å². The average molecular weight is 252 g/mol. The van der Waals surface area contributed by atoms with Gasteiger partial charge in [-0.3, -0.25) is 9.59 Å². The summed E-state index contributed by atoms with van der Waals surface area (Å²) in [6.45, 7) is 3.32. The highest BCUT2D eigenvalue weighted by Crippen LogP contribution is 2.11. The zero-order chi connectivity index (χ0) is 10.4. The molecule has 0 bridgehead atoms. The van der Waals surface area contributed by atoms with Crippen molar-refractivity contribution in [2.24, 2.45) is 0 Å². The molecule has 2 unspecified atom stereocenters. The van der Waals surface area contributed by atoms with Crippen LogP contribution in [0.2, 0.25) is 0 Å². The molecule has 0 rings (SSSR count). The number of hydrogen-bond acceptors (Lipinski definition) is 2. The van der Waals surface area contributed by atoms with E-state index in [-0.39, 0.29) is 11.9 Å². The Bertz CT molecular complexity index is 196. The number of amides is 1. The predicted molar refractivity (Wildman–Crippen MR) is 52.9 cm³/mol. The Labute approximate surface area is 85.8 Å². The van der Waals surface area contributed by atoms with Gasteiger partial charge in [0.25, 0.3) is 0 Å². The van der Waals surface area contributed by atoms with Crippen molar-refractivity contribution in [3.8, 4) is 0 Å². The van der Waals surface area contributed by atoms with Gasteiger partial charge in [-0.25, -0.2) is 0 Å². The molecule has 0 saturated heterocycles. The first-order valence-electron chi connectivity index (χ1n) is 4.13. The van der Waals surface area contributed by atoms with Gasteiger partial charge < -0.3 is 10.4 Å². The van der Waals surface area contributed by atoms with E-state index in [2.05, 4.69) is 21.2 Å². The molecule has 1 amide bonds. The largest absolute Gasteiger partial charge is 0.480 e. The molecule has 13 heavy (non-hydrogen) atoms. The summed E-state index contributed by atoms with van der Waals surface area (Å²) in [5.41, 5.74) is 0. The lowest BCUT2D eigenvalue weighted by molar-refractivity contribution is -0.136. The van der Waals surface area contributed by atoms with Gasteiger partial charge >= 0.3 is 5.97 Å². The lowest BCUT2D eigenvalue weighted by atomic mass is 10.1. The molecule has 0 aromatic heterocycles. The Balaban J connectivity index is 4.22. The summed E-state index contributed by atoms with van der Waals surface area (Å²) < 4.78 is 0. The van der Waals surface area contributed by atoms with Crippen LogP contribution in [0.3, 0.4) is 0 Å². The molecule has 0 aromatic rings. The summed E-state index contributed by atoms with van der Waals surface area (Å²) >= 11 is 3.02. The van der Waals surface area contributed by atoms with Gasteiger partial charge in [-0.15, -0.1) is 0 Å². The van der Waals surface area contributed by atoms with E-state index in [0.29, 0.717) is 6.42 Å². The van der Waals surface area contributed by atoms with Crippen molar-refractivity contribution in [3.63, 3.8) is 0 Å². The van der Waals surface area contributed by atoms with Crippen LogP contribution in [0.5, 0.6) is 0 Å². The number of carbonyl (C=O) groups is 2. The highest BCUT2D eigenvalue weighted by Gasteiger charge is 2.24. The highest BCUT2D eigenvalue weighted by atomic mass is 79.9. The van der Waals surface area contributed by atoms with Crippen molar-refractivity contribution >= 4 is 27.8 Å². The number of hydrogen-bond donors (Lipinski definition) is 2. The maximum Gasteiger partial charge on any atom is 0.319 e. The van der Waals surface area contributed by atoms with E-state index in [9.17, 15) is 9.59 Å². The lowest BCUT2D eigenvalue weighted by Gasteiger charge is -2.19. The third kappa shape index (κ3) is 4.87. The van der Waals surface area contributed by atoms with Gasteiger partial charge in [-0.05, 0) is 6.42 Å². The molecular formula is C8H14BrNO3. The van der Waals surface area contributed by atoms with Crippen molar-refractivity contribution in [2.75, 3.05) is 0 Å². The fourth-order valence-electron chi connectivity index (χ4n) is 1.04. The van der Waals surface area contributed by atoms with Gasteiger partial charge in [0, 0.05) is 6.92 Å². The van der Waals surface area contributed by atoms with Crippen LogP contribution in [0.15, 0.2) is 0 Å². The summed E-state index contributed by atoms with van der Waals surface area (Å²) in [6, 6.07) is -0.333. The van der Waals surface area contributed by atoms with Crippen LogP contribution in [-0.2, 0) is 9.59 Å². The number of carbonyl (C=O) groups excluding carboxylic acids is 1. The predicted octanol–water partition coefficient (Wildman–Crippen LogP) is 1.14. The SMILES string of the molecule is CCCC(NC(C)=O)C(Br)C(=O)O. The Morgan fingerprint density at radius 2 is 2.08 bits per heavy atom. The third-order valence-electron chi connectivity index (χ3n) is 1.58. The zero-order valence-corrected chi connectivity index (χ0v) is 9.30. The summed E-state index contributed by atoms with van der Waals surface area (Å²) in [7, 11) is 0. The second kappa shape index (κ2) is 5.96. The van der Waals surface area contributed by atoms with Gasteiger partial charge in [-0.2, -0.15) is 0 Å². The molecule has 0 spiro atoms. The standard InChI is InChI=1S/C8H14BrNO3/c1-3-4-6(10-5(2)11)7(9)8(12)13/h6-7H,3-4H2,1-2H3,(H,10,11)(H,12,13). The first-order valence-corrected chi connectivity index (χ1v) is 5.04. The first-order chi connectivity index (χ1) is 5.99. The van der Waals surface area contributed by atoms with Crippen molar-refractivity contribution in [1.29, 1.82) is 0 Å². The van der Waals surface area contributed by atoms with Crippen LogP contribution in [-0.4, -0.2) is 27.9 Å². The molecule has 0 fully saturated rings. The van der Waals surface area contributed by atoms with E-state index < -0.39 is 10.8 Å². The smallest absolute Gasteiger partial charge is 0.319 e. The van der Waals surface area contributed by atoms with Crippen LogP contribution in [0.25, 0.3) is 0 Å². The van der Waals surface area contributed by atoms with Crippen molar-refractivity contribution in [1.82, 2.24) is 5.32 Å². The summed E-state index contributed by atoms with van der Waals surface area (Å²) in [4.78, 5) is 20.6. The minimum atomic E-state index is -0.952. The first kappa shape index (κ1) is 12.4. The maximum atomic E-state index is 10.7. The van der Waals surface area contributed by atoms with Crippen molar-refractivity contribution < 1.29 is 14.7 Å². The molecule has 0 radical (unpaired) electrons. The molecule has 5 heteroatoms. The van der Waals surface area contributed by atoms with E-state index in [1.807, 2.05) is 6.92 Å². The zero-order valence-electron chi connectivity index (χ0n) is 7.71. The van der Waals surface area contributed by atoms with Gasteiger partial charge in [-0.1, -0.05) is 29.3 Å². The van der Waals surface area contributed by atoms with E-state index in [4.69, 9.17) is 5.11 Å². The van der Waals surface area contributed by atoms with Gasteiger partial charge in [0.15, 0.2) is 0 Å². The fourth-order valence-corrected chi connectivity index (χ4v) is 1.43. The quantitative estimate of drug-likeness (QED) is 0.721. The monoisotopic (exact) mass is 251 g/mol. The lowest BCUT2D eigenvalue weighted by Crippen LogP contribution is -2.43. The summed E-state index contributed by atoms with van der Waals surface area (Å²) in [5, 5.41) is 11.3. The number of aliphatic carboxylic acids is 1. The van der Waals surface area contributed by atoms with E-state index in [0.717, 1.165) is 6.42 Å². The van der Waals surface area contributed by atoms with Crippen LogP contribution in [0.1, 0.15) is 26.7 Å². The molecule has 2 N–H and O–H groups in total. The molecule has 2 atom stereocenters. The number of carboxylic acids is 1. The number of rotatable bonds is 5. The van der Waals surface area contributed by atoms with Crippen molar-refractivity contribution in [2.45, 2.75) is 37.6 Å². The number of halogens is 1. The van der Waals surface area contributed by atoms with Crippen molar-refractivity contribution in [3.05, 3.63) is 0 Å². The second-order valence-corrected chi connectivity index (χ2v) is 3.82. The van der Waals surface area contributed by atoms with E-state index >= 15 is 0 Å². The number of alkyl halides is 1. The molecule has 0 aliphatic heterocycles. The van der Waals surface area contributed by atoms with Crippen LogP contribution < -0.4 is 5.32 Å². The van der Waals surface area contributed by atoms with E-state index in [1.54, 1.807) is 0 Å². The van der Waals surface area contributed by atoms with Crippen LogP contribution in [0.4, 0.5) is 0 Å². The average Bonchev–Trinajstić information content (AvgIpc) is 2.01. The maximum absolute atomic E-state index is 10.7. The Kier molecular flexibility index (Phi) is 5.70. The third-order valence-corrected chi connectivity index (χ3v) is 2.61. The molecule has 0 aromatic carbocycles. The van der Waals surface area contributed by atoms with E-state index in [1.165, 1.54) is 6.92 Å². The minimum Gasteiger partial charge on any atom is -0.480 e. The minimum absolute atomic E-state index is 0.204. The molecule has 0 saturated carbocycles.